The molecule has 15 heavy (non-hydrogen) atoms. The third-order valence-corrected chi connectivity index (χ3v) is 2.95. The van der Waals surface area contributed by atoms with Crippen molar-refractivity contribution in [2.75, 3.05) is 19.7 Å². The van der Waals surface area contributed by atoms with Crippen molar-refractivity contribution in [3.8, 4) is 0 Å². The number of nitrogens with one attached hydrogen (secondary N) is 1. The summed E-state index contributed by atoms with van der Waals surface area (Å²) in [5.74, 6) is 0. The Balaban J connectivity index is 0.00000112. The molecule has 1 unspecified atom stereocenters. The van der Waals surface area contributed by atoms with Crippen LogP contribution in [0.15, 0.2) is 28.7 Å². The van der Waals surface area contributed by atoms with Crippen LogP contribution in [0.25, 0.3) is 0 Å². The van der Waals surface area contributed by atoms with Crippen molar-refractivity contribution in [1.29, 1.82) is 0 Å². The lowest BCUT2D eigenvalue weighted by molar-refractivity contribution is 0.0644. The Labute approximate surface area is 105 Å². The van der Waals surface area contributed by atoms with Crippen LogP contribution in [0.5, 0.6) is 0 Å². The number of ether oxygens (including phenoxy) is 1. The van der Waals surface area contributed by atoms with E-state index < -0.39 is 0 Å². The van der Waals surface area contributed by atoms with E-state index in [4.69, 9.17) is 4.74 Å². The molecule has 0 radical (unpaired) electrons. The van der Waals surface area contributed by atoms with Crippen LogP contribution in [0.2, 0.25) is 0 Å². The molecule has 1 aromatic rings. The third-order valence-electron chi connectivity index (χ3n) is 2.42. The first kappa shape index (κ1) is 13.0. The van der Waals surface area contributed by atoms with Crippen LogP contribution in [-0.2, 0) is 4.74 Å². The molecule has 84 valence electrons. The highest BCUT2D eigenvalue weighted by molar-refractivity contribution is 9.10. The van der Waals surface area contributed by atoms with E-state index in [9.17, 15) is 0 Å². The quantitative estimate of drug-likeness (QED) is 0.859. The van der Waals surface area contributed by atoms with E-state index in [0.29, 0.717) is 0 Å². The minimum atomic E-state index is 0. The molecule has 0 aliphatic carbocycles. The van der Waals surface area contributed by atoms with Crippen LogP contribution in [0.1, 0.15) is 18.1 Å². The van der Waals surface area contributed by atoms with Gasteiger partial charge < -0.3 is 10.1 Å². The summed E-state index contributed by atoms with van der Waals surface area (Å²) in [6.45, 7) is 2.81. The second-order valence-electron chi connectivity index (χ2n) is 3.45. The van der Waals surface area contributed by atoms with Crippen LogP contribution in [0.3, 0.4) is 0 Å². The molecule has 1 aliphatic heterocycles. The normalized spacial score (nSPS) is 21.5. The zero-order valence-electron chi connectivity index (χ0n) is 8.41. The van der Waals surface area contributed by atoms with Gasteiger partial charge in [-0.15, -0.1) is 12.4 Å². The fourth-order valence-corrected chi connectivity index (χ4v) is 1.92. The SMILES string of the molecule is Brc1ccc(C2CCNCCO2)cc1.Cl. The fraction of sp³-hybridized carbons (Fsp3) is 0.455. The summed E-state index contributed by atoms with van der Waals surface area (Å²) in [5, 5.41) is 3.32. The highest BCUT2D eigenvalue weighted by Crippen LogP contribution is 2.23. The van der Waals surface area contributed by atoms with Crippen molar-refractivity contribution >= 4 is 28.3 Å². The van der Waals surface area contributed by atoms with E-state index in [1.807, 2.05) is 0 Å². The highest BCUT2D eigenvalue weighted by atomic mass is 79.9. The Hall–Kier alpha value is -0.0900. The van der Waals surface area contributed by atoms with Crippen molar-refractivity contribution in [1.82, 2.24) is 5.32 Å². The van der Waals surface area contributed by atoms with Gasteiger partial charge in [-0.3, -0.25) is 0 Å². The Morgan fingerprint density at radius 1 is 1.20 bits per heavy atom. The number of halogens is 2. The minimum absolute atomic E-state index is 0. The standard InChI is InChI=1S/C11H14BrNO.ClH/c12-10-3-1-9(2-4-10)11-5-6-13-7-8-14-11;/h1-4,11,13H,5-8H2;1H. The summed E-state index contributed by atoms with van der Waals surface area (Å²) in [6.07, 6.45) is 1.32. The zero-order chi connectivity index (χ0) is 9.80. The number of hydrogen-bond donors (Lipinski definition) is 1. The topological polar surface area (TPSA) is 21.3 Å². The summed E-state index contributed by atoms with van der Waals surface area (Å²) < 4.78 is 6.87. The first-order valence-electron chi connectivity index (χ1n) is 4.94. The Morgan fingerprint density at radius 3 is 2.67 bits per heavy atom. The maximum absolute atomic E-state index is 5.75. The number of rotatable bonds is 1. The molecule has 0 aromatic heterocycles. The van der Waals surface area contributed by atoms with Gasteiger partial charge in [0.2, 0.25) is 0 Å². The number of benzene rings is 1. The minimum Gasteiger partial charge on any atom is -0.372 e. The Bertz CT molecular complexity index is 283. The average molecular weight is 293 g/mol. The maximum Gasteiger partial charge on any atom is 0.0837 e. The van der Waals surface area contributed by atoms with E-state index in [-0.39, 0.29) is 18.5 Å². The molecule has 1 N–H and O–H groups in total. The van der Waals surface area contributed by atoms with E-state index in [1.165, 1.54) is 5.56 Å². The summed E-state index contributed by atoms with van der Waals surface area (Å²) in [7, 11) is 0. The van der Waals surface area contributed by atoms with E-state index in [2.05, 4.69) is 45.5 Å². The molecule has 0 amide bonds. The molecule has 4 heteroatoms. The third kappa shape index (κ3) is 3.76. The molecule has 1 saturated heterocycles. The van der Waals surface area contributed by atoms with Crippen LogP contribution in [0.4, 0.5) is 0 Å². The molecule has 1 heterocycles. The van der Waals surface area contributed by atoms with Gasteiger partial charge in [-0.2, -0.15) is 0 Å². The molecule has 1 atom stereocenters. The second-order valence-corrected chi connectivity index (χ2v) is 4.37. The van der Waals surface area contributed by atoms with Crippen molar-refractivity contribution < 1.29 is 4.74 Å². The van der Waals surface area contributed by atoms with Gasteiger partial charge in [-0.05, 0) is 30.7 Å². The average Bonchev–Trinajstić information content (AvgIpc) is 2.47. The summed E-state index contributed by atoms with van der Waals surface area (Å²) in [4.78, 5) is 0. The summed E-state index contributed by atoms with van der Waals surface area (Å²) >= 11 is 3.43. The van der Waals surface area contributed by atoms with Gasteiger partial charge in [0.05, 0.1) is 12.7 Å². The van der Waals surface area contributed by atoms with Crippen molar-refractivity contribution in [3.05, 3.63) is 34.3 Å². The lowest BCUT2D eigenvalue weighted by atomic mass is 10.1. The largest absolute Gasteiger partial charge is 0.372 e. The Morgan fingerprint density at radius 2 is 1.93 bits per heavy atom. The molecule has 0 spiro atoms. The molecule has 2 rings (SSSR count). The molecule has 0 bridgehead atoms. The molecule has 1 fully saturated rings. The van der Waals surface area contributed by atoms with Crippen LogP contribution in [-0.4, -0.2) is 19.7 Å². The highest BCUT2D eigenvalue weighted by Gasteiger charge is 2.13. The van der Waals surface area contributed by atoms with Gasteiger partial charge in [0.1, 0.15) is 0 Å². The first-order valence-corrected chi connectivity index (χ1v) is 5.73. The van der Waals surface area contributed by atoms with Crippen LogP contribution < -0.4 is 5.32 Å². The molecular formula is C11H15BrClNO. The van der Waals surface area contributed by atoms with Crippen molar-refractivity contribution in [2.45, 2.75) is 12.5 Å². The van der Waals surface area contributed by atoms with Gasteiger partial charge in [0, 0.05) is 11.0 Å². The van der Waals surface area contributed by atoms with Crippen molar-refractivity contribution in [3.63, 3.8) is 0 Å². The van der Waals surface area contributed by atoms with E-state index >= 15 is 0 Å². The van der Waals surface area contributed by atoms with Crippen molar-refractivity contribution in [2.24, 2.45) is 0 Å². The van der Waals surface area contributed by atoms with Gasteiger partial charge in [-0.1, -0.05) is 28.1 Å². The molecule has 0 saturated carbocycles. The predicted molar refractivity (Wildman–Crippen MR) is 67.6 cm³/mol. The zero-order valence-corrected chi connectivity index (χ0v) is 10.8. The van der Waals surface area contributed by atoms with Gasteiger partial charge in [0.15, 0.2) is 0 Å². The smallest absolute Gasteiger partial charge is 0.0837 e. The second kappa shape index (κ2) is 6.48. The summed E-state index contributed by atoms with van der Waals surface area (Å²) in [6, 6.07) is 8.38. The number of hydrogen-bond acceptors (Lipinski definition) is 2. The van der Waals surface area contributed by atoms with Crippen LogP contribution in [0, 0.1) is 0 Å². The van der Waals surface area contributed by atoms with E-state index in [0.717, 1.165) is 30.6 Å². The molecule has 1 aromatic carbocycles. The molecule has 1 aliphatic rings. The lowest BCUT2D eigenvalue weighted by Crippen LogP contribution is -2.16. The predicted octanol–water partition coefficient (Wildman–Crippen LogP) is 2.92. The van der Waals surface area contributed by atoms with Gasteiger partial charge in [0.25, 0.3) is 0 Å². The molecule has 2 nitrogen and oxygen atoms in total. The first-order chi connectivity index (χ1) is 6.86. The fourth-order valence-electron chi connectivity index (χ4n) is 1.66. The van der Waals surface area contributed by atoms with Gasteiger partial charge in [-0.25, -0.2) is 0 Å². The van der Waals surface area contributed by atoms with Crippen LogP contribution >= 0.6 is 28.3 Å². The lowest BCUT2D eigenvalue weighted by Gasteiger charge is -2.14. The molecular weight excluding hydrogens is 277 g/mol. The monoisotopic (exact) mass is 291 g/mol. The summed E-state index contributed by atoms with van der Waals surface area (Å²) in [5.41, 5.74) is 1.27. The maximum atomic E-state index is 5.75. The Kier molecular flexibility index (Phi) is 5.61. The van der Waals surface area contributed by atoms with Gasteiger partial charge >= 0.3 is 0 Å². The van der Waals surface area contributed by atoms with E-state index in [1.54, 1.807) is 0 Å².